The second kappa shape index (κ2) is 7.58. The van der Waals surface area contributed by atoms with Crippen molar-refractivity contribution in [1.29, 1.82) is 0 Å². The largest absolute Gasteiger partial charge is 0.490 e. The number of fused-ring (bicyclic) bond motifs is 1. The highest BCUT2D eigenvalue weighted by Crippen LogP contribution is 2.28. The topological polar surface area (TPSA) is 55.7 Å². The first-order chi connectivity index (χ1) is 12.7. The molecule has 2 fully saturated rings. The van der Waals surface area contributed by atoms with Crippen LogP contribution in [0.4, 0.5) is 4.79 Å². The molecule has 2 aliphatic rings. The van der Waals surface area contributed by atoms with Crippen molar-refractivity contribution in [3.63, 3.8) is 0 Å². The highest BCUT2D eigenvalue weighted by atomic mass is 16.5. The van der Waals surface area contributed by atoms with Gasteiger partial charge in [0.1, 0.15) is 11.9 Å². The highest BCUT2D eigenvalue weighted by molar-refractivity contribution is 5.86. The minimum atomic E-state index is 0.0177. The lowest BCUT2D eigenvalue weighted by atomic mass is 10.1. The average molecular weight is 357 g/mol. The van der Waals surface area contributed by atoms with Gasteiger partial charge in [-0.15, -0.1) is 0 Å². The number of piperidine rings is 1. The van der Waals surface area contributed by atoms with Gasteiger partial charge in [0.05, 0.1) is 11.6 Å². The standard InChI is InChI=1S/C20H27N3O3/c1-22-10-9-17-18(22)5-2-6-19(17)26-15-7-11-23(12-8-15)20(24)21-14-16-4-3-13-25-16/h2,5-6,9-10,15-16H,3-4,7-8,11-14H2,1H3,(H,21,24). The van der Waals surface area contributed by atoms with Crippen molar-refractivity contribution in [3.8, 4) is 5.75 Å². The molecule has 140 valence electrons. The van der Waals surface area contributed by atoms with Gasteiger partial charge >= 0.3 is 6.03 Å². The first-order valence-corrected chi connectivity index (χ1v) is 9.56. The van der Waals surface area contributed by atoms with Crippen LogP contribution in [0.15, 0.2) is 30.5 Å². The number of hydrogen-bond donors (Lipinski definition) is 1. The van der Waals surface area contributed by atoms with E-state index in [9.17, 15) is 4.79 Å². The number of amides is 2. The Kier molecular flexibility index (Phi) is 5.02. The maximum atomic E-state index is 12.3. The van der Waals surface area contributed by atoms with E-state index in [1.54, 1.807) is 0 Å². The van der Waals surface area contributed by atoms with E-state index >= 15 is 0 Å². The summed E-state index contributed by atoms with van der Waals surface area (Å²) in [5.41, 5.74) is 1.17. The van der Waals surface area contributed by atoms with Crippen molar-refractivity contribution in [2.24, 2.45) is 7.05 Å². The molecular formula is C20H27N3O3. The number of carbonyl (C=O) groups excluding carboxylic acids is 1. The molecule has 0 radical (unpaired) electrons. The van der Waals surface area contributed by atoms with Crippen LogP contribution < -0.4 is 10.1 Å². The quantitative estimate of drug-likeness (QED) is 0.915. The predicted molar refractivity (Wildman–Crippen MR) is 101 cm³/mol. The van der Waals surface area contributed by atoms with E-state index in [2.05, 4.69) is 28.2 Å². The Morgan fingerprint density at radius 3 is 2.88 bits per heavy atom. The van der Waals surface area contributed by atoms with E-state index in [0.29, 0.717) is 6.54 Å². The second-order valence-corrected chi connectivity index (χ2v) is 7.24. The van der Waals surface area contributed by atoms with Crippen LogP contribution in [0.3, 0.4) is 0 Å². The zero-order chi connectivity index (χ0) is 17.9. The van der Waals surface area contributed by atoms with Gasteiger partial charge in [-0.1, -0.05) is 6.07 Å². The molecule has 2 saturated heterocycles. The summed E-state index contributed by atoms with van der Waals surface area (Å²) in [6, 6.07) is 8.28. The summed E-state index contributed by atoms with van der Waals surface area (Å²) in [4.78, 5) is 14.2. The fourth-order valence-electron chi connectivity index (χ4n) is 3.85. The van der Waals surface area contributed by atoms with Gasteiger partial charge in [0.25, 0.3) is 0 Å². The van der Waals surface area contributed by atoms with Crippen LogP contribution in [0, 0.1) is 0 Å². The number of carbonyl (C=O) groups is 1. The number of urea groups is 1. The van der Waals surface area contributed by atoms with Gasteiger partial charge in [0.2, 0.25) is 0 Å². The smallest absolute Gasteiger partial charge is 0.317 e. The summed E-state index contributed by atoms with van der Waals surface area (Å²) in [7, 11) is 2.04. The van der Waals surface area contributed by atoms with Gasteiger partial charge in [-0.2, -0.15) is 0 Å². The summed E-state index contributed by atoms with van der Waals surface area (Å²) >= 11 is 0. The summed E-state index contributed by atoms with van der Waals surface area (Å²) < 4.78 is 13.9. The Morgan fingerprint density at radius 2 is 2.12 bits per heavy atom. The van der Waals surface area contributed by atoms with E-state index in [0.717, 1.165) is 56.5 Å². The maximum absolute atomic E-state index is 12.3. The molecule has 2 aromatic rings. The molecule has 0 saturated carbocycles. The molecule has 1 aromatic heterocycles. The minimum Gasteiger partial charge on any atom is -0.490 e. The lowest BCUT2D eigenvalue weighted by molar-refractivity contribution is 0.0983. The van der Waals surface area contributed by atoms with E-state index in [1.165, 1.54) is 5.52 Å². The molecule has 1 N–H and O–H groups in total. The Morgan fingerprint density at radius 1 is 1.27 bits per heavy atom. The van der Waals surface area contributed by atoms with Gasteiger partial charge < -0.3 is 24.3 Å². The van der Waals surface area contributed by atoms with E-state index in [1.807, 2.05) is 24.1 Å². The van der Waals surface area contributed by atoms with Crippen molar-refractivity contribution in [2.45, 2.75) is 37.9 Å². The number of benzene rings is 1. The third-order valence-corrected chi connectivity index (χ3v) is 5.42. The first-order valence-electron chi connectivity index (χ1n) is 9.56. The summed E-state index contributed by atoms with van der Waals surface area (Å²) in [5, 5.41) is 4.15. The van der Waals surface area contributed by atoms with Crippen LogP contribution >= 0.6 is 0 Å². The van der Waals surface area contributed by atoms with E-state index in [4.69, 9.17) is 9.47 Å². The van der Waals surface area contributed by atoms with Gasteiger partial charge in [-0.25, -0.2) is 4.79 Å². The van der Waals surface area contributed by atoms with Crippen molar-refractivity contribution in [2.75, 3.05) is 26.2 Å². The zero-order valence-electron chi connectivity index (χ0n) is 15.3. The predicted octanol–water partition coefficient (Wildman–Crippen LogP) is 2.91. The van der Waals surface area contributed by atoms with Crippen LogP contribution in [-0.4, -0.2) is 53.9 Å². The number of aromatic nitrogens is 1. The third kappa shape index (κ3) is 3.65. The summed E-state index contributed by atoms with van der Waals surface area (Å²) in [5.74, 6) is 0.935. The molecule has 26 heavy (non-hydrogen) atoms. The number of nitrogens with one attached hydrogen (secondary N) is 1. The molecule has 1 unspecified atom stereocenters. The Labute approximate surface area is 154 Å². The van der Waals surface area contributed by atoms with Crippen LogP contribution in [0.1, 0.15) is 25.7 Å². The van der Waals surface area contributed by atoms with Crippen LogP contribution in [0.2, 0.25) is 0 Å². The number of hydrogen-bond acceptors (Lipinski definition) is 3. The van der Waals surface area contributed by atoms with Crippen molar-refractivity contribution in [3.05, 3.63) is 30.5 Å². The monoisotopic (exact) mass is 357 g/mol. The summed E-state index contributed by atoms with van der Waals surface area (Å²) in [6.07, 6.45) is 6.25. The molecule has 0 bridgehead atoms. The number of ether oxygens (including phenoxy) is 2. The van der Waals surface area contributed by atoms with E-state index < -0.39 is 0 Å². The van der Waals surface area contributed by atoms with Gasteiger partial charge in [0, 0.05) is 57.7 Å². The molecule has 1 aromatic carbocycles. The molecule has 1 atom stereocenters. The normalized spacial score (nSPS) is 21.3. The Balaban J connectivity index is 1.28. The van der Waals surface area contributed by atoms with Gasteiger partial charge in [0.15, 0.2) is 0 Å². The fraction of sp³-hybridized carbons (Fsp3) is 0.550. The van der Waals surface area contributed by atoms with Gasteiger partial charge in [-0.3, -0.25) is 0 Å². The van der Waals surface area contributed by atoms with Gasteiger partial charge in [-0.05, 0) is 31.0 Å². The lowest BCUT2D eigenvalue weighted by Crippen LogP contribution is -2.48. The Bertz CT molecular complexity index is 759. The first kappa shape index (κ1) is 17.2. The van der Waals surface area contributed by atoms with E-state index in [-0.39, 0.29) is 18.2 Å². The minimum absolute atomic E-state index is 0.0177. The molecule has 0 spiro atoms. The Hall–Kier alpha value is -2.21. The van der Waals surface area contributed by atoms with Crippen molar-refractivity contribution < 1.29 is 14.3 Å². The number of likely N-dealkylation sites (tertiary alicyclic amines) is 1. The third-order valence-electron chi connectivity index (χ3n) is 5.42. The van der Waals surface area contributed by atoms with Crippen LogP contribution in [0.25, 0.3) is 10.9 Å². The van der Waals surface area contributed by atoms with Crippen molar-refractivity contribution >= 4 is 16.9 Å². The molecule has 6 nitrogen and oxygen atoms in total. The SMILES string of the molecule is Cn1ccc2c(OC3CCN(C(=O)NCC4CCCO4)CC3)cccc21. The summed E-state index contributed by atoms with van der Waals surface area (Å²) in [6.45, 7) is 2.89. The number of rotatable bonds is 4. The van der Waals surface area contributed by atoms with Crippen molar-refractivity contribution in [1.82, 2.24) is 14.8 Å². The number of aryl methyl sites for hydroxylation is 1. The van der Waals surface area contributed by atoms with Crippen LogP contribution in [0.5, 0.6) is 5.75 Å². The molecular weight excluding hydrogens is 330 g/mol. The average Bonchev–Trinajstić information content (AvgIpc) is 3.31. The maximum Gasteiger partial charge on any atom is 0.317 e. The fourth-order valence-corrected chi connectivity index (χ4v) is 3.85. The lowest BCUT2D eigenvalue weighted by Gasteiger charge is -2.32. The molecule has 0 aliphatic carbocycles. The zero-order valence-corrected chi connectivity index (χ0v) is 15.3. The molecule has 4 rings (SSSR count). The molecule has 2 amide bonds. The van der Waals surface area contributed by atoms with Crippen LogP contribution in [-0.2, 0) is 11.8 Å². The highest BCUT2D eigenvalue weighted by Gasteiger charge is 2.25. The molecule has 2 aliphatic heterocycles. The number of nitrogens with zero attached hydrogens (tertiary/aromatic N) is 2. The molecule has 3 heterocycles. The molecule has 6 heteroatoms. The second-order valence-electron chi connectivity index (χ2n) is 7.24.